The zero-order valence-electron chi connectivity index (χ0n) is 11.6. The average Bonchev–Trinajstić information content (AvgIpc) is 2.97. The van der Waals surface area contributed by atoms with E-state index in [1.807, 2.05) is 43.3 Å². The molecule has 21 heavy (non-hydrogen) atoms. The molecule has 5 nitrogen and oxygen atoms in total. The van der Waals surface area contributed by atoms with Crippen LogP contribution in [0.4, 0.5) is 5.69 Å². The van der Waals surface area contributed by atoms with Crippen molar-refractivity contribution in [3.63, 3.8) is 0 Å². The molecule has 0 fully saturated rings. The van der Waals surface area contributed by atoms with E-state index in [0.29, 0.717) is 23.7 Å². The maximum absolute atomic E-state index is 12.5. The number of hydrogen-bond acceptors (Lipinski definition) is 3. The second-order valence-electron chi connectivity index (χ2n) is 4.45. The number of nitrogens with zero attached hydrogens (tertiary/aromatic N) is 2. The number of benzene rings is 1. The molecule has 1 N–H and O–H groups in total. The van der Waals surface area contributed by atoms with Gasteiger partial charge in [-0.2, -0.15) is 0 Å². The van der Waals surface area contributed by atoms with Crippen molar-refractivity contribution in [2.24, 2.45) is 0 Å². The zero-order valence-corrected chi connectivity index (χ0v) is 11.6. The van der Waals surface area contributed by atoms with Gasteiger partial charge in [0.15, 0.2) is 0 Å². The first-order valence-electron chi connectivity index (χ1n) is 6.75. The first-order valence-corrected chi connectivity index (χ1v) is 6.75. The summed E-state index contributed by atoms with van der Waals surface area (Å²) in [6, 6.07) is 12.8. The van der Waals surface area contributed by atoms with Crippen LogP contribution in [0.25, 0.3) is 5.65 Å². The first-order chi connectivity index (χ1) is 10.3. The molecule has 0 aliphatic heterocycles. The molecule has 1 aromatic carbocycles. The summed E-state index contributed by atoms with van der Waals surface area (Å²) in [5.41, 5.74) is 1.92. The number of amides is 1. The van der Waals surface area contributed by atoms with E-state index in [0.717, 1.165) is 5.65 Å². The van der Waals surface area contributed by atoms with Crippen LogP contribution in [0.15, 0.2) is 54.9 Å². The maximum Gasteiger partial charge on any atom is 0.272 e. The van der Waals surface area contributed by atoms with Crippen LogP contribution in [0, 0.1) is 0 Å². The number of ether oxygens (including phenoxy) is 1. The van der Waals surface area contributed by atoms with Crippen molar-refractivity contribution in [3.05, 3.63) is 60.6 Å². The van der Waals surface area contributed by atoms with Gasteiger partial charge in [0.05, 0.1) is 12.3 Å². The van der Waals surface area contributed by atoms with Gasteiger partial charge < -0.3 is 10.1 Å². The summed E-state index contributed by atoms with van der Waals surface area (Å²) in [7, 11) is 0. The predicted molar refractivity (Wildman–Crippen MR) is 80.8 cm³/mol. The van der Waals surface area contributed by atoms with Crippen LogP contribution in [0.2, 0.25) is 0 Å². The Morgan fingerprint density at radius 2 is 2.10 bits per heavy atom. The molecule has 2 heterocycles. The number of anilines is 1. The van der Waals surface area contributed by atoms with Crippen LogP contribution in [0.1, 0.15) is 17.4 Å². The minimum Gasteiger partial charge on any atom is -0.492 e. The fourth-order valence-electron chi connectivity index (χ4n) is 2.17. The fourth-order valence-corrected chi connectivity index (χ4v) is 2.17. The molecular formula is C16H15N3O2. The van der Waals surface area contributed by atoms with E-state index in [-0.39, 0.29) is 5.91 Å². The Balaban J connectivity index is 1.92. The highest BCUT2D eigenvalue weighted by molar-refractivity contribution is 6.04. The van der Waals surface area contributed by atoms with Crippen LogP contribution < -0.4 is 10.1 Å². The summed E-state index contributed by atoms with van der Waals surface area (Å²) >= 11 is 0. The lowest BCUT2D eigenvalue weighted by Gasteiger charge is -2.11. The SMILES string of the molecule is CCOc1ccccc1NC(=O)c1cccc2nccn12. The molecule has 0 unspecified atom stereocenters. The third-order valence-electron chi connectivity index (χ3n) is 3.10. The van der Waals surface area contributed by atoms with E-state index < -0.39 is 0 Å². The lowest BCUT2D eigenvalue weighted by atomic mass is 10.2. The quantitative estimate of drug-likeness (QED) is 0.800. The summed E-state index contributed by atoms with van der Waals surface area (Å²) in [5.74, 6) is 0.455. The Morgan fingerprint density at radius 1 is 1.24 bits per heavy atom. The third-order valence-corrected chi connectivity index (χ3v) is 3.10. The second kappa shape index (κ2) is 5.66. The molecular weight excluding hydrogens is 266 g/mol. The highest BCUT2D eigenvalue weighted by atomic mass is 16.5. The minimum atomic E-state index is -0.203. The van der Waals surface area contributed by atoms with E-state index in [9.17, 15) is 4.79 Å². The van der Waals surface area contributed by atoms with Gasteiger partial charge in [-0.15, -0.1) is 0 Å². The van der Waals surface area contributed by atoms with E-state index in [1.54, 1.807) is 22.9 Å². The van der Waals surface area contributed by atoms with Crippen molar-refractivity contribution >= 4 is 17.2 Å². The van der Waals surface area contributed by atoms with E-state index in [2.05, 4.69) is 10.3 Å². The van der Waals surface area contributed by atoms with Gasteiger partial charge in [0, 0.05) is 12.4 Å². The number of rotatable bonds is 4. The van der Waals surface area contributed by atoms with Crippen molar-refractivity contribution in [3.8, 4) is 5.75 Å². The van der Waals surface area contributed by atoms with Gasteiger partial charge in [-0.25, -0.2) is 4.98 Å². The van der Waals surface area contributed by atoms with Gasteiger partial charge in [0.1, 0.15) is 17.1 Å². The highest BCUT2D eigenvalue weighted by Crippen LogP contribution is 2.24. The molecule has 0 aliphatic rings. The van der Waals surface area contributed by atoms with Gasteiger partial charge in [0.2, 0.25) is 0 Å². The fraction of sp³-hybridized carbons (Fsp3) is 0.125. The van der Waals surface area contributed by atoms with Crippen molar-refractivity contribution in [1.29, 1.82) is 0 Å². The molecule has 0 saturated carbocycles. The van der Waals surface area contributed by atoms with Gasteiger partial charge in [-0.1, -0.05) is 18.2 Å². The molecule has 3 aromatic rings. The molecule has 0 radical (unpaired) electrons. The van der Waals surface area contributed by atoms with Gasteiger partial charge in [-0.05, 0) is 31.2 Å². The Hall–Kier alpha value is -2.82. The van der Waals surface area contributed by atoms with Gasteiger partial charge >= 0.3 is 0 Å². The predicted octanol–water partition coefficient (Wildman–Crippen LogP) is 2.99. The molecule has 106 valence electrons. The standard InChI is InChI=1S/C16H15N3O2/c1-2-21-14-8-4-3-6-12(14)18-16(20)13-7-5-9-15-17-10-11-19(13)15/h3-11H,2H2,1H3,(H,18,20). The van der Waals surface area contributed by atoms with E-state index in [4.69, 9.17) is 4.74 Å². The zero-order chi connectivity index (χ0) is 14.7. The maximum atomic E-state index is 12.5. The Morgan fingerprint density at radius 3 is 2.95 bits per heavy atom. The first kappa shape index (κ1) is 13.2. The second-order valence-corrected chi connectivity index (χ2v) is 4.45. The van der Waals surface area contributed by atoms with E-state index >= 15 is 0 Å². The van der Waals surface area contributed by atoms with Crippen LogP contribution in [-0.4, -0.2) is 21.9 Å². The van der Waals surface area contributed by atoms with Crippen LogP contribution in [-0.2, 0) is 0 Å². The smallest absolute Gasteiger partial charge is 0.272 e. The Bertz CT molecular complexity index is 780. The number of aromatic nitrogens is 2. The number of nitrogens with one attached hydrogen (secondary N) is 1. The summed E-state index contributed by atoms with van der Waals surface area (Å²) in [4.78, 5) is 16.6. The van der Waals surface area contributed by atoms with Crippen LogP contribution in [0.3, 0.4) is 0 Å². The number of para-hydroxylation sites is 2. The van der Waals surface area contributed by atoms with E-state index in [1.165, 1.54) is 0 Å². The average molecular weight is 281 g/mol. The number of hydrogen-bond donors (Lipinski definition) is 1. The number of pyridine rings is 1. The van der Waals surface area contributed by atoms with Gasteiger partial charge in [0.25, 0.3) is 5.91 Å². The third kappa shape index (κ3) is 2.58. The lowest BCUT2D eigenvalue weighted by molar-refractivity contribution is 0.102. The Kier molecular flexibility index (Phi) is 3.55. The molecule has 3 rings (SSSR count). The summed E-state index contributed by atoms with van der Waals surface area (Å²) in [6.07, 6.45) is 3.43. The monoisotopic (exact) mass is 281 g/mol. The molecule has 1 amide bonds. The minimum absolute atomic E-state index is 0.203. The number of imidazole rings is 1. The molecule has 0 bridgehead atoms. The largest absolute Gasteiger partial charge is 0.492 e. The molecule has 0 atom stereocenters. The number of carbonyl (C=O) groups excluding carboxylic acids is 1. The molecule has 5 heteroatoms. The molecule has 0 aliphatic carbocycles. The summed E-state index contributed by atoms with van der Waals surface area (Å²) in [5, 5.41) is 2.88. The summed E-state index contributed by atoms with van der Waals surface area (Å²) in [6.45, 7) is 2.45. The van der Waals surface area contributed by atoms with Crippen molar-refractivity contribution < 1.29 is 9.53 Å². The molecule has 2 aromatic heterocycles. The van der Waals surface area contributed by atoms with Crippen molar-refractivity contribution in [2.45, 2.75) is 6.92 Å². The highest BCUT2D eigenvalue weighted by Gasteiger charge is 2.12. The van der Waals surface area contributed by atoms with Crippen LogP contribution in [0.5, 0.6) is 5.75 Å². The normalized spacial score (nSPS) is 10.5. The number of carbonyl (C=O) groups is 1. The van der Waals surface area contributed by atoms with Crippen LogP contribution >= 0.6 is 0 Å². The number of fused-ring (bicyclic) bond motifs is 1. The molecule has 0 saturated heterocycles. The summed E-state index contributed by atoms with van der Waals surface area (Å²) < 4.78 is 7.26. The van der Waals surface area contributed by atoms with Crippen molar-refractivity contribution in [1.82, 2.24) is 9.38 Å². The van der Waals surface area contributed by atoms with Gasteiger partial charge in [-0.3, -0.25) is 9.20 Å². The molecule has 0 spiro atoms. The topological polar surface area (TPSA) is 55.6 Å². The van der Waals surface area contributed by atoms with Crippen molar-refractivity contribution in [2.75, 3.05) is 11.9 Å². The Labute approximate surface area is 122 Å². The lowest BCUT2D eigenvalue weighted by Crippen LogP contribution is -2.16.